The van der Waals surface area contributed by atoms with E-state index in [2.05, 4.69) is 32.4 Å². The molecule has 4 amide bonds. The lowest BCUT2D eigenvalue weighted by Crippen LogP contribution is -2.51. The number of carbonyl (C=O) groups is 4. The molecule has 3 aliphatic rings. The number of fused-ring (bicyclic) bond motifs is 1. The number of nitrogens with one attached hydrogen (secondary N) is 2. The molecule has 12 nitrogen and oxygen atoms in total. The van der Waals surface area contributed by atoms with Gasteiger partial charge in [0.2, 0.25) is 17.7 Å². The average Bonchev–Trinajstić information content (AvgIpc) is 3.94. The molecule has 0 saturated carbocycles. The van der Waals surface area contributed by atoms with Gasteiger partial charge in [-0.3, -0.25) is 29.2 Å². The Hall–Kier alpha value is -6.31. The van der Waals surface area contributed by atoms with Crippen molar-refractivity contribution in [2.75, 3.05) is 57.1 Å². The molecule has 0 spiro atoms. The second kappa shape index (κ2) is 16.5. The topological polar surface area (TPSA) is 127 Å². The maximum Gasteiger partial charge on any atom is 0.269 e. The molecule has 5 heterocycles. The molecule has 2 aromatic heterocycles. The number of anilines is 2. The Morgan fingerprint density at radius 2 is 1.71 bits per heavy atom. The van der Waals surface area contributed by atoms with Gasteiger partial charge in [-0.25, -0.2) is 8.78 Å². The summed E-state index contributed by atoms with van der Waals surface area (Å²) in [5, 5.41) is 7.15. The summed E-state index contributed by atoms with van der Waals surface area (Å²) in [6.45, 7) is 2.62. The summed E-state index contributed by atoms with van der Waals surface area (Å²) >= 11 is 0. The number of piperidine rings is 2. The van der Waals surface area contributed by atoms with Gasteiger partial charge in [-0.1, -0.05) is 30.3 Å². The number of nitrogens with zero attached hydrogens (tertiary/aromatic N) is 6. The fraction of sp³-hybridized carbons (Fsp3) is 0.356. The summed E-state index contributed by atoms with van der Waals surface area (Å²) in [5.41, 5.74) is 5.53. The fourth-order valence-electron chi connectivity index (χ4n) is 8.63. The standard InChI is InChI=1S/C45H48F2N8O4/c1-51(2)45(59)37-26-35-33(25-34(42(47)43(35)49-37)31-6-4-19-54(27-31)41(57)17-23-55-20-5-18-48-55)30-9-7-28(8-10-30)29-15-21-53(22-16-29)38-12-11-32(24-36(38)46)52(3)39-13-14-40(56)50-44(39)58/h5-12,18,20,24-26,29,39,49H,4,13-17,19,21-23,27H2,1-3H3,(H,50,56,58). The van der Waals surface area contributed by atoms with Crippen molar-refractivity contribution in [2.45, 2.75) is 57.0 Å². The largest absolute Gasteiger partial charge is 0.369 e. The third kappa shape index (κ3) is 8.08. The summed E-state index contributed by atoms with van der Waals surface area (Å²) in [7, 11) is 5.05. The number of carbonyl (C=O) groups excluding carboxylic acids is 4. The van der Waals surface area contributed by atoms with E-state index in [4.69, 9.17) is 0 Å². The lowest BCUT2D eigenvalue weighted by molar-refractivity contribution is -0.134. The number of amides is 4. The van der Waals surface area contributed by atoms with Gasteiger partial charge in [-0.15, -0.1) is 0 Å². The zero-order chi connectivity index (χ0) is 41.4. The molecular weight excluding hydrogens is 755 g/mol. The normalized spacial score (nSPS) is 17.6. The zero-order valence-electron chi connectivity index (χ0n) is 33.5. The number of likely N-dealkylation sites (N-methyl/N-ethyl adjacent to an activating group) is 1. The van der Waals surface area contributed by atoms with Crippen molar-refractivity contribution < 1.29 is 28.0 Å². The molecule has 5 aromatic rings. The van der Waals surface area contributed by atoms with Crippen LogP contribution >= 0.6 is 0 Å². The third-order valence-corrected chi connectivity index (χ3v) is 12.0. The van der Waals surface area contributed by atoms with Crippen LogP contribution in [0.3, 0.4) is 0 Å². The van der Waals surface area contributed by atoms with Crippen molar-refractivity contribution in [2.24, 2.45) is 0 Å². The van der Waals surface area contributed by atoms with Crippen molar-refractivity contribution >= 4 is 51.5 Å². The molecule has 2 fully saturated rings. The molecule has 3 aromatic carbocycles. The zero-order valence-corrected chi connectivity index (χ0v) is 33.5. The van der Waals surface area contributed by atoms with Crippen LogP contribution in [0, 0.1) is 11.6 Å². The summed E-state index contributed by atoms with van der Waals surface area (Å²) in [6, 6.07) is 18.1. The molecule has 2 saturated heterocycles. The Balaban J connectivity index is 0.993. The van der Waals surface area contributed by atoms with Crippen molar-refractivity contribution in [3.05, 3.63) is 108 Å². The van der Waals surface area contributed by atoms with Gasteiger partial charge in [0.1, 0.15) is 17.6 Å². The minimum Gasteiger partial charge on any atom is -0.369 e. The van der Waals surface area contributed by atoms with Gasteiger partial charge in [0.25, 0.3) is 5.91 Å². The van der Waals surface area contributed by atoms with Gasteiger partial charge in [0, 0.05) is 95.7 Å². The fourth-order valence-corrected chi connectivity index (χ4v) is 8.63. The summed E-state index contributed by atoms with van der Waals surface area (Å²) in [4.78, 5) is 60.4. The smallest absolute Gasteiger partial charge is 0.269 e. The van der Waals surface area contributed by atoms with Gasteiger partial charge in [-0.05, 0) is 90.3 Å². The van der Waals surface area contributed by atoms with Crippen LogP contribution in [-0.2, 0) is 20.9 Å². The van der Waals surface area contributed by atoms with E-state index in [9.17, 15) is 19.2 Å². The minimum atomic E-state index is -0.537. The number of benzene rings is 3. The molecule has 0 radical (unpaired) electrons. The first-order valence-corrected chi connectivity index (χ1v) is 20.2. The van der Waals surface area contributed by atoms with E-state index >= 15 is 8.78 Å². The summed E-state index contributed by atoms with van der Waals surface area (Å²) < 4.78 is 33.8. The van der Waals surface area contributed by atoms with E-state index < -0.39 is 11.9 Å². The highest BCUT2D eigenvalue weighted by Crippen LogP contribution is 2.39. The molecule has 0 aliphatic carbocycles. The molecule has 2 N–H and O–H groups in total. The SMILES string of the molecule is CN(C)C(=O)c1cc2c(-c3ccc(C4CCN(c5ccc(N(C)C6CCC(=O)NC6=O)cc5F)CC4)cc3)cc(C3=CCCN(C(=O)CCn4cccn4)C3)c(F)c2[nH]1. The highest BCUT2D eigenvalue weighted by Gasteiger charge is 2.31. The van der Waals surface area contributed by atoms with E-state index in [-0.39, 0.29) is 66.0 Å². The first-order valence-electron chi connectivity index (χ1n) is 20.2. The van der Waals surface area contributed by atoms with E-state index in [1.54, 1.807) is 54.0 Å². The summed E-state index contributed by atoms with van der Waals surface area (Å²) in [5.74, 6) is -1.51. The number of hydrogen-bond donors (Lipinski definition) is 2. The number of halogens is 2. The van der Waals surface area contributed by atoms with E-state index in [1.807, 2.05) is 42.6 Å². The van der Waals surface area contributed by atoms with Crippen molar-refractivity contribution in [1.82, 2.24) is 29.9 Å². The monoisotopic (exact) mass is 802 g/mol. The molecule has 306 valence electrons. The number of aromatic nitrogens is 3. The second-order valence-corrected chi connectivity index (χ2v) is 15.9. The quantitative estimate of drug-likeness (QED) is 0.158. The molecule has 59 heavy (non-hydrogen) atoms. The first kappa shape index (κ1) is 39.5. The maximum absolute atomic E-state index is 16.6. The number of aromatic amines is 1. The molecule has 3 aliphatic heterocycles. The molecule has 1 unspecified atom stereocenters. The van der Waals surface area contributed by atoms with Crippen LogP contribution in [-0.4, -0.2) is 102 Å². The van der Waals surface area contributed by atoms with Crippen LogP contribution in [0.1, 0.15) is 66.1 Å². The van der Waals surface area contributed by atoms with E-state index in [1.165, 1.54) is 11.0 Å². The van der Waals surface area contributed by atoms with E-state index in [0.717, 1.165) is 35.1 Å². The van der Waals surface area contributed by atoms with Crippen molar-refractivity contribution in [3.8, 4) is 11.1 Å². The number of aryl methyl sites for hydroxylation is 1. The van der Waals surface area contributed by atoms with Crippen LogP contribution in [0.25, 0.3) is 27.6 Å². The molecule has 8 rings (SSSR count). The number of imide groups is 1. The predicted molar refractivity (Wildman–Crippen MR) is 223 cm³/mol. The van der Waals surface area contributed by atoms with Gasteiger partial charge in [0.15, 0.2) is 5.82 Å². The van der Waals surface area contributed by atoms with Gasteiger partial charge < -0.3 is 24.6 Å². The van der Waals surface area contributed by atoms with Crippen LogP contribution in [0.15, 0.2) is 79.1 Å². The molecule has 0 bridgehead atoms. The van der Waals surface area contributed by atoms with Gasteiger partial charge >= 0.3 is 0 Å². The Morgan fingerprint density at radius 1 is 0.932 bits per heavy atom. The van der Waals surface area contributed by atoms with Crippen molar-refractivity contribution in [3.63, 3.8) is 0 Å². The Labute approximate surface area is 341 Å². The number of H-pyrrole nitrogens is 1. The Kier molecular flexibility index (Phi) is 11.1. The number of hydrogen-bond acceptors (Lipinski definition) is 7. The molecule has 1 atom stereocenters. The van der Waals surface area contributed by atoms with E-state index in [0.29, 0.717) is 61.3 Å². The highest BCUT2D eigenvalue weighted by molar-refractivity contribution is 6.05. The van der Waals surface area contributed by atoms with Crippen LogP contribution < -0.4 is 15.1 Å². The second-order valence-electron chi connectivity index (χ2n) is 15.9. The number of rotatable bonds is 10. The predicted octanol–water partition coefficient (Wildman–Crippen LogP) is 6.34. The molecular formula is C45H48F2N8O4. The van der Waals surface area contributed by atoms with Crippen LogP contribution in [0.4, 0.5) is 20.2 Å². The Morgan fingerprint density at radius 3 is 2.41 bits per heavy atom. The minimum absolute atomic E-state index is 0.0223. The maximum atomic E-state index is 16.6. The van der Waals surface area contributed by atoms with Crippen molar-refractivity contribution in [1.29, 1.82) is 0 Å². The van der Waals surface area contributed by atoms with Gasteiger partial charge in [-0.2, -0.15) is 5.10 Å². The average molecular weight is 803 g/mol. The summed E-state index contributed by atoms with van der Waals surface area (Å²) in [6.07, 6.45) is 8.65. The van der Waals surface area contributed by atoms with Gasteiger partial charge in [0.05, 0.1) is 11.2 Å². The van der Waals surface area contributed by atoms with Crippen LogP contribution in [0.5, 0.6) is 0 Å². The van der Waals surface area contributed by atoms with Crippen LogP contribution in [0.2, 0.25) is 0 Å². The lowest BCUT2D eigenvalue weighted by atomic mass is 9.87. The Bertz CT molecular complexity index is 2430. The highest BCUT2D eigenvalue weighted by atomic mass is 19.1. The third-order valence-electron chi connectivity index (χ3n) is 12.0. The first-order chi connectivity index (χ1) is 28.4. The molecule has 14 heteroatoms. The lowest BCUT2D eigenvalue weighted by Gasteiger charge is -2.35.